The van der Waals surface area contributed by atoms with Gasteiger partial charge in [0, 0.05) is 13.1 Å². The first-order valence-corrected chi connectivity index (χ1v) is 11.4. The molecule has 1 aliphatic heterocycles. The molecule has 0 spiro atoms. The summed E-state index contributed by atoms with van der Waals surface area (Å²) in [5.41, 5.74) is 0.709. The van der Waals surface area contributed by atoms with Gasteiger partial charge in [-0.05, 0) is 42.3 Å². The van der Waals surface area contributed by atoms with E-state index in [2.05, 4.69) is 10.6 Å². The second kappa shape index (κ2) is 10.7. The largest absolute Gasteiger partial charge is 0.497 e. The van der Waals surface area contributed by atoms with Crippen molar-refractivity contribution in [2.24, 2.45) is 0 Å². The lowest BCUT2D eigenvalue weighted by Gasteiger charge is -2.34. The summed E-state index contributed by atoms with van der Waals surface area (Å²) < 4.78 is 64.8. The third-order valence-electron chi connectivity index (χ3n) is 4.86. The number of sulfonamides is 1. The summed E-state index contributed by atoms with van der Waals surface area (Å²) in [6.07, 6.45) is -0.872. The van der Waals surface area contributed by atoms with Crippen molar-refractivity contribution >= 4 is 21.8 Å². The average molecular weight is 483 g/mol. The van der Waals surface area contributed by atoms with Gasteiger partial charge < -0.3 is 20.1 Å². The zero-order chi connectivity index (χ0) is 24.0. The fourth-order valence-electron chi connectivity index (χ4n) is 3.21. The molecule has 0 bridgehead atoms. The van der Waals surface area contributed by atoms with E-state index in [1.165, 1.54) is 7.11 Å². The topological polar surface area (TPSA) is 114 Å². The maximum atomic E-state index is 14.1. The fourth-order valence-corrected chi connectivity index (χ4v) is 4.85. The van der Waals surface area contributed by atoms with Crippen LogP contribution in [0.3, 0.4) is 0 Å². The maximum Gasteiger partial charge on any atom is 0.309 e. The Hall–Kier alpha value is -3.09. The number of carbonyl (C=O) groups excluding carboxylic acids is 2. The Kier molecular flexibility index (Phi) is 7.95. The maximum absolute atomic E-state index is 14.1. The van der Waals surface area contributed by atoms with Crippen molar-refractivity contribution in [2.75, 3.05) is 26.8 Å². The molecule has 1 aliphatic rings. The third-order valence-corrected chi connectivity index (χ3v) is 6.77. The van der Waals surface area contributed by atoms with Gasteiger partial charge in [-0.1, -0.05) is 12.1 Å². The quantitative estimate of drug-likeness (QED) is 0.571. The summed E-state index contributed by atoms with van der Waals surface area (Å²) in [6.45, 7) is -0.120. The summed E-state index contributed by atoms with van der Waals surface area (Å²) in [5, 5.41) is 4.76. The molecule has 1 saturated heterocycles. The Labute approximate surface area is 189 Å². The van der Waals surface area contributed by atoms with E-state index in [9.17, 15) is 26.8 Å². The van der Waals surface area contributed by atoms with Gasteiger partial charge >= 0.3 is 11.8 Å². The van der Waals surface area contributed by atoms with Crippen LogP contribution in [-0.4, -0.2) is 57.6 Å². The number of hydrogen-bond acceptors (Lipinski definition) is 6. The Balaban J connectivity index is 1.62. The highest BCUT2D eigenvalue weighted by Gasteiger charge is 2.36. The fraction of sp³-hybridized carbons (Fsp3) is 0.333. The summed E-state index contributed by atoms with van der Waals surface area (Å²) >= 11 is 0. The van der Waals surface area contributed by atoms with Gasteiger partial charge in [-0.25, -0.2) is 17.2 Å². The number of halogens is 2. The van der Waals surface area contributed by atoms with Gasteiger partial charge in [-0.3, -0.25) is 9.59 Å². The van der Waals surface area contributed by atoms with E-state index in [1.54, 1.807) is 24.3 Å². The Morgan fingerprint density at radius 3 is 2.67 bits per heavy atom. The molecule has 1 atom stereocenters. The minimum Gasteiger partial charge on any atom is -0.497 e. The van der Waals surface area contributed by atoms with Crippen LogP contribution in [-0.2, 0) is 30.9 Å². The molecule has 2 aromatic carbocycles. The standard InChI is InChI=1S/C21H23F2N3O6S/c1-31-16-5-2-4-14(10-16)12-24-20(27)21(28)25-13-19-26(8-3-9-32-19)33(29,30)18-11-15(22)6-7-17(18)23/h2,4-7,10-11,19H,3,8-9,12-13H2,1H3,(H,24,27)(H,25,28)/t19-/m0/s1. The molecule has 178 valence electrons. The van der Waals surface area contributed by atoms with Crippen molar-refractivity contribution in [2.45, 2.75) is 24.1 Å². The first-order chi connectivity index (χ1) is 15.7. The zero-order valence-electron chi connectivity index (χ0n) is 17.7. The normalized spacial score (nSPS) is 16.8. The molecule has 1 heterocycles. The first kappa shape index (κ1) is 24.6. The van der Waals surface area contributed by atoms with Crippen LogP contribution in [0.5, 0.6) is 5.75 Å². The van der Waals surface area contributed by atoms with Crippen LogP contribution < -0.4 is 15.4 Å². The molecule has 2 N–H and O–H groups in total. The lowest BCUT2D eigenvalue weighted by atomic mass is 10.2. The van der Waals surface area contributed by atoms with E-state index in [0.29, 0.717) is 23.8 Å². The molecule has 3 rings (SSSR count). The number of nitrogens with one attached hydrogen (secondary N) is 2. The molecule has 0 unspecified atom stereocenters. The number of amides is 2. The predicted molar refractivity (Wildman–Crippen MR) is 112 cm³/mol. The number of methoxy groups -OCH3 is 1. The van der Waals surface area contributed by atoms with E-state index < -0.39 is 44.6 Å². The van der Waals surface area contributed by atoms with Crippen molar-refractivity contribution in [3.63, 3.8) is 0 Å². The summed E-state index contributed by atoms with van der Waals surface area (Å²) in [7, 11) is -2.95. The van der Waals surface area contributed by atoms with E-state index in [0.717, 1.165) is 16.4 Å². The van der Waals surface area contributed by atoms with Crippen molar-refractivity contribution < 1.29 is 36.3 Å². The summed E-state index contributed by atoms with van der Waals surface area (Å²) in [6, 6.07) is 9.02. The highest BCUT2D eigenvalue weighted by Crippen LogP contribution is 2.25. The van der Waals surface area contributed by atoms with Crippen molar-refractivity contribution in [3.05, 3.63) is 59.7 Å². The lowest BCUT2D eigenvalue weighted by Crippen LogP contribution is -2.53. The molecule has 0 radical (unpaired) electrons. The van der Waals surface area contributed by atoms with Crippen LogP contribution in [0.1, 0.15) is 12.0 Å². The Morgan fingerprint density at radius 1 is 1.15 bits per heavy atom. The molecule has 0 aromatic heterocycles. The Bertz CT molecular complexity index is 1130. The number of benzene rings is 2. The minimum absolute atomic E-state index is 0.0269. The molecule has 33 heavy (non-hydrogen) atoms. The predicted octanol–water partition coefficient (Wildman–Crippen LogP) is 1.14. The molecule has 0 saturated carbocycles. The number of hydrogen-bond donors (Lipinski definition) is 2. The summed E-state index contributed by atoms with van der Waals surface area (Å²) in [4.78, 5) is 23.4. The molecule has 1 fully saturated rings. The van der Waals surface area contributed by atoms with Gasteiger partial charge in [0.25, 0.3) is 0 Å². The average Bonchev–Trinajstić information content (AvgIpc) is 2.82. The molecular weight excluding hydrogens is 460 g/mol. The second-order valence-corrected chi connectivity index (χ2v) is 8.97. The lowest BCUT2D eigenvalue weighted by molar-refractivity contribution is -0.140. The number of ether oxygens (including phenoxy) is 2. The highest BCUT2D eigenvalue weighted by atomic mass is 32.2. The van der Waals surface area contributed by atoms with Gasteiger partial charge in [0.15, 0.2) is 0 Å². The zero-order valence-corrected chi connectivity index (χ0v) is 18.5. The molecule has 2 amide bonds. The van der Waals surface area contributed by atoms with Crippen molar-refractivity contribution in [1.82, 2.24) is 14.9 Å². The van der Waals surface area contributed by atoms with Crippen LogP contribution in [0, 0.1) is 11.6 Å². The third kappa shape index (κ3) is 6.03. The SMILES string of the molecule is COc1cccc(CNC(=O)C(=O)NC[C@@H]2OCCCN2S(=O)(=O)c2cc(F)ccc2F)c1. The smallest absolute Gasteiger partial charge is 0.309 e. The molecule has 2 aromatic rings. The van der Waals surface area contributed by atoms with E-state index >= 15 is 0 Å². The number of nitrogens with zero attached hydrogens (tertiary/aromatic N) is 1. The molecular formula is C21H23F2N3O6S. The van der Waals surface area contributed by atoms with Crippen LogP contribution >= 0.6 is 0 Å². The minimum atomic E-state index is -4.46. The first-order valence-electron chi connectivity index (χ1n) is 10.00. The van der Waals surface area contributed by atoms with Gasteiger partial charge in [-0.2, -0.15) is 4.31 Å². The van der Waals surface area contributed by atoms with Crippen LogP contribution in [0.2, 0.25) is 0 Å². The van der Waals surface area contributed by atoms with Crippen molar-refractivity contribution in [1.29, 1.82) is 0 Å². The highest BCUT2D eigenvalue weighted by molar-refractivity contribution is 7.89. The van der Waals surface area contributed by atoms with Crippen molar-refractivity contribution in [3.8, 4) is 5.75 Å². The second-order valence-electron chi connectivity index (χ2n) is 7.11. The number of rotatable bonds is 7. The number of carbonyl (C=O) groups is 2. The van der Waals surface area contributed by atoms with E-state index in [-0.39, 0.29) is 26.2 Å². The van der Waals surface area contributed by atoms with Gasteiger partial charge in [0.2, 0.25) is 10.0 Å². The summed E-state index contributed by atoms with van der Waals surface area (Å²) in [5.74, 6) is -3.36. The molecule has 9 nitrogen and oxygen atoms in total. The molecule has 12 heteroatoms. The molecule has 0 aliphatic carbocycles. The van der Waals surface area contributed by atoms with Gasteiger partial charge in [0.05, 0.1) is 20.3 Å². The van der Waals surface area contributed by atoms with E-state index in [4.69, 9.17) is 9.47 Å². The van der Waals surface area contributed by atoms with E-state index in [1.807, 2.05) is 0 Å². The van der Waals surface area contributed by atoms with Crippen LogP contribution in [0.4, 0.5) is 8.78 Å². The van der Waals surface area contributed by atoms with Gasteiger partial charge in [-0.15, -0.1) is 0 Å². The monoisotopic (exact) mass is 483 g/mol. The Morgan fingerprint density at radius 2 is 1.91 bits per heavy atom. The van der Waals surface area contributed by atoms with Crippen LogP contribution in [0.25, 0.3) is 0 Å². The van der Waals surface area contributed by atoms with Gasteiger partial charge in [0.1, 0.15) is 28.5 Å². The van der Waals surface area contributed by atoms with Crippen LogP contribution in [0.15, 0.2) is 47.4 Å².